The molecule has 100 valence electrons. The maximum atomic E-state index is 5.82. The van der Waals surface area contributed by atoms with Crippen molar-refractivity contribution in [1.82, 2.24) is 0 Å². The molecule has 2 nitrogen and oxygen atoms in total. The largest absolute Gasteiger partial charge is 0.489 e. The third-order valence-electron chi connectivity index (χ3n) is 2.80. The van der Waals surface area contributed by atoms with Crippen LogP contribution >= 0.6 is 31.9 Å². The second-order valence-corrected chi connectivity index (χ2v) is 6.26. The van der Waals surface area contributed by atoms with Gasteiger partial charge in [0.1, 0.15) is 12.4 Å². The van der Waals surface area contributed by atoms with Gasteiger partial charge in [-0.25, -0.2) is 0 Å². The Hall–Kier alpha value is -1.000. The molecule has 0 spiro atoms. The first-order valence-corrected chi connectivity index (χ1v) is 7.49. The number of rotatable bonds is 3. The van der Waals surface area contributed by atoms with Crippen LogP contribution in [0.1, 0.15) is 16.7 Å². The average Bonchev–Trinajstić information content (AvgIpc) is 2.32. The number of nitrogen functional groups attached to an aromatic ring is 1. The summed E-state index contributed by atoms with van der Waals surface area (Å²) in [7, 11) is 0. The molecule has 2 rings (SSSR count). The summed E-state index contributed by atoms with van der Waals surface area (Å²) in [6.07, 6.45) is 0. The molecule has 2 aromatic rings. The number of halogens is 2. The molecule has 2 aromatic carbocycles. The number of benzene rings is 2. The number of hydrogen-bond donors (Lipinski definition) is 1. The lowest BCUT2D eigenvalue weighted by Gasteiger charge is -2.11. The monoisotopic (exact) mass is 383 g/mol. The molecule has 0 heterocycles. The van der Waals surface area contributed by atoms with Gasteiger partial charge in [-0.15, -0.1) is 0 Å². The number of aryl methyl sites for hydroxylation is 2. The highest BCUT2D eigenvalue weighted by Crippen LogP contribution is 2.27. The Morgan fingerprint density at radius 1 is 1.00 bits per heavy atom. The Labute approximate surface area is 130 Å². The maximum absolute atomic E-state index is 5.82. The van der Waals surface area contributed by atoms with E-state index < -0.39 is 0 Å². The molecule has 0 radical (unpaired) electrons. The Morgan fingerprint density at radius 2 is 1.63 bits per heavy atom. The van der Waals surface area contributed by atoms with Crippen molar-refractivity contribution in [2.75, 3.05) is 5.73 Å². The minimum absolute atomic E-state index is 0.504. The summed E-state index contributed by atoms with van der Waals surface area (Å²) in [6.45, 7) is 4.62. The SMILES string of the molecule is Cc1cc(OCc2cc(N)cc(Br)c2)cc(C)c1Br. The Balaban J connectivity index is 2.14. The first-order chi connectivity index (χ1) is 8.95. The van der Waals surface area contributed by atoms with E-state index in [9.17, 15) is 0 Å². The lowest BCUT2D eigenvalue weighted by molar-refractivity contribution is 0.306. The van der Waals surface area contributed by atoms with Crippen LogP contribution in [0.2, 0.25) is 0 Å². The van der Waals surface area contributed by atoms with E-state index in [1.807, 2.05) is 30.3 Å². The van der Waals surface area contributed by atoms with Gasteiger partial charge >= 0.3 is 0 Å². The molecule has 0 saturated heterocycles. The second-order valence-electron chi connectivity index (χ2n) is 4.55. The van der Waals surface area contributed by atoms with Crippen molar-refractivity contribution in [3.8, 4) is 5.75 Å². The van der Waals surface area contributed by atoms with Gasteiger partial charge in [0.25, 0.3) is 0 Å². The van der Waals surface area contributed by atoms with Crippen molar-refractivity contribution >= 4 is 37.5 Å². The summed E-state index contributed by atoms with van der Waals surface area (Å²) < 4.78 is 7.92. The second kappa shape index (κ2) is 5.97. The molecule has 2 N–H and O–H groups in total. The molecule has 0 aliphatic rings. The van der Waals surface area contributed by atoms with Crippen LogP contribution in [0.25, 0.3) is 0 Å². The molecule has 0 aliphatic carbocycles. The lowest BCUT2D eigenvalue weighted by Crippen LogP contribution is -1.98. The Bertz CT molecular complexity index is 568. The molecule has 0 aliphatic heterocycles. The molecule has 0 bridgehead atoms. The van der Waals surface area contributed by atoms with E-state index in [1.165, 1.54) is 11.1 Å². The zero-order valence-electron chi connectivity index (χ0n) is 10.8. The quantitative estimate of drug-likeness (QED) is 0.756. The fraction of sp³-hybridized carbons (Fsp3) is 0.200. The van der Waals surface area contributed by atoms with Gasteiger partial charge in [0, 0.05) is 14.6 Å². The van der Waals surface area contributed by atoms with E-state index in [-0.39, 0.29) is 0 Å². The summed E-state index contributed by atoms with van der Waals surface area (Å²) in [6, 6.07) is 9.85. The smallest absolute Gasteiger partial charge is 0.120 e. The van der Waals surface area contributed by atoms with Crippen molar-refractivity contribution in [3.63, 3.8) is 0 Å². The topological polar surface area (TPSA) is 35.2 Å². The van der Waals surface area contributed by atoms with E-state index in [2.05, 4.69) is 45.7 Å². The predicted octanol–water partition coefficient (Wildman–Crippen LogP) is 4.99. The maximum Gasteiger partial charge on any atom is 0.120 e. The Kier molecular flexibility index (Phi) is 4.53. The van der Waals surface area contributed by atoms with E-state index in [4.69, 9.17) is 10.5 Å². The standard InChI is InChI=1S/C15H15Br2NO/c1-9-3-14(4-10(2)15(9)17)19-8-11-5-12(16)7-13(18)6-11/h3-7H,8,18H2,1-2H3. The van der Waals surface area contributed by atoms with E-state index in [0.717, 1.165) is 25.9 Å². The van der Waals surface area contributed by atoms with Gasteiger partial charge in [-0.1, -0.05) is 31.9 Å². The van der Waals surface area contributed by atoms with Crippen molar-refractivity contribution in [1.29, 1.82) is 0 Å². The number of ether oxygens (including phenoxy) is 1. The van der Waals surface area contributed by atoms with Gasteiger partial charge in [0.05, 0.1) is 0 Å². The van der Waals surface area contributed by atoms with Crippen LogP contribution in [0.4, 0.5) is 5.69 Å². The van der Waals surface area contributed by atoms with Crippen LogP contribution in [0.15, 0.2) is 39.3 Å². The zero-order chi connectivity index (χ0) is 14.0. The normalized spacial score (nSPS) is 10.5. The first-order valence-electron chi connectivity index (χ1n) is 5.90. The number of anilines is 1. The molecule has 0 amide bonds. The fourth-order valence-electron chi connectivity index (χ4n) is 1.91. The molecular formula is C15H15Br2NO. The molecule has 0 aromatic heterocycles. The van der Waals surface area contributed by atoms with Gasteiger partial charge in [-0.2, -0.15) is 0 Å². The van der Waals surface area contributed by atoms with E-state index in [0.29, 0.717) is 6.61 Å². The lowest BCUT2D eigenvalue weighted by atomic mass is 10.1. The van der Waals surface area contributed by atoms with Gasteiger partial charge < -0.3 is 10.5 Å². The van der Waals surface area contributed by atoms with Crippen LogP contribution in [-0.4, -0.2) is 0 Å². The molecule has 0 fully saturated rings. The summed E-state index contributed by atoms with van der Waals surface area (Å²) in [4.78, 5) is 0. The molecule has 0 atom stereocenters. The van der Waals surface area contributed by atoms with Crippen molar-refractivity contribution < 1.29 is 4.74 Å². The molecular weight excluding hydrogens is 370 g/mol. The zero-order valence-corrected chi connectivity index (χ0v) is 14.0. The van der Waals surface area contributed by atoms with Crippen molar-refractivity contribution in [3.05, 3.63) is 56.0 Å². The van der Waals surface area contributed by atoms with Gasteiger partial charge in [0.15, 0.2) is 0 Å². The summed E-state index contributed by atoms with van der Waals surface area (Å²) in [5, 5.41) is 0. The highest BCUT2D eigenvalue weighted by atomic mass is 79.9. The third kappa shape index (κ3) is 3.74. The molecule has 19 heavy (non-hydrogen) atoms. The van der Waals surface area contributed by atoms with Crippen molar-refractivity contribution in [2.45, 2.75) is 20.5 Å². The van der Waals surface area contributed by atoms with Crippen molar-refractivity contribution in [2.24, 2.45) is 0 Å². The highest BCUT2D eigenvalue weighted by Gasteiger charge is 2.04. The highest BCUT2D eigenvalue weighted by molar-refractivity contribution is 9.10. The summed E-state index contributed by atoms with van der Waals surface area (Å²) in [5.41, 5.74) is 9.92. The van der Waals surface area contributed by atoms with E-state index in [1.54, 1.807) is 0 Å². The molecule has 0 unspecified atom stereocenters. The van der Waals surface area contributed by atoms with Crippen LogP contribution in [-0.2, 0) is 6.61 Å². The predicted molar refractivity (Wildman–Crippen MR) is 86.5 cm³/mol. The van der Waals surface area contributed by atoms with Gasteiger partial charge in [-0.3, -0.25) is 0 Å². The Morgan fingerprint density at radius 3 is 2.21 bits per heavy atom. The fourth-order valence-corrected chi connectivity index (χ4v) is 2.70. The van der Waals surface area contributed by atoms with Crippen LogP contribution in [0.5, 0.6) is 5.75 Å². The van der Waals surface area contributed by atoms with E-state index >= 15 is 0 Å². The van der Waals surface area contributed by atoms with Crippen LogP contribution in [0.3, 0.4) is 0 Å². The molecule has 4 heteroatoms. The average molecular weight is 385 g/mol. The minimum Gasteiger partial charge on any atom is -0.489 e. The van der Waals surface area contributed by atoms with Crippen LogP contribution < -0.4 is 10.5 Å². The van der Waals surface area contributed by atoms with Gasteiger partial charge in [-0.05, 0) is 60.9 Å². The number of nitrogens with two attached hydrogens (primary N) is 1. The summed E-state index contributed by atoms with van der Waals surface area (Å²) >= 11 is 6.98. The van der Waals surface area contributed by atoms with Gasteiger partial charge in [0.2, 0.25) is 0 Å². The summed E-state index contributed by atoms with van der Waals surface area (Å²) in [5.74, 6) is 0.872. The first kappa shape index (κ1) is 14.4. The molecule has 0 saturated carbocycles. The number of hydrogen-bond acceptors (Lipinski definition) is 2. The minimum atomic E-state index is 0.504. The third-order valence-corrected chi connectivity index (χ3v) is 4.50. The van der Waals surface area contributed by atoms with Crippen LogP contribution in [0, 0.1) is 13.8 Å².